The standard InChI is InChI=1S/C32H40N4O6/c1-7-19-18(4)31(42)35-24(19)12-22-16(2)20(8-10-29(38)39)25(33-22)13-26-21(9-11-30(40)41)17(3)23(34-26)14-27-32(5,6)15-28(37)36-27/h12-13,27,33-34H,7-11,14-15H2,1-6H3,(H,36,37)(H,38,39)(H,40,41)/b22-12-,25-13-. The zero-order valence-corrected chi connectivity index (χ0v) is 25.2. The number of hydrogen-bond acceptors (Lipinski definition) is 4. The minimum Gasteiger partial charge on any atom is -0.481 e. The van der Waals surface area contributed by atoms with Crippen molar-refractivity contribution in [2.24, 2.45) is 10.4 Å². The normalized spacial score (nSPS) is 19.2. The summed E-state index contributed by atoms with van der Waals surface area (Å²) in [5.41, 5.74) is 7.08. The van der Waals surface area contributed by atoms with Crippen LogP contribution in [0.4, 0.5) is 0 Å². The quantitative estimate of drug-likeness (QED) is 0.276. The maximum atomic E-state index is 12.3. The third kappa shape index (κ3) is 6.32. The van der Waals surface area contributed by atoms with Crippen molar-refractivity contribution in [2.45, 2.75) is 92.5 Å². The number of allylic oxidation sites excluding steroid dienone is 1. The first kappa shape index (κ1) is 30.7. The molecule has 4 heterocycles. The Morgan fingerprint density at radius 3 is 2.17 bits per heavy atom. The van der Waals surface area contributed by atoms with Crippen molar-refractivity contribution in [1.29, 1.82) is 0 Å². The second-order valence-electron chi connectivity index (χ2n) is 12.0. The molecule has 2 aromatic rings. The summed E-state index contributed by atoms with van der Waals surface area (Å²) < 4.78 is 0. The van der Waals surface area contributed by atoms with Crippen LogP contribution in [0.5, 0.6) is 0 Å². The van der Waals surface area contributed by atoms with Gasteiger partial charge in [-0.1, -0.05) is 20.8 Å². The van der Waals surface area contributed by atoms with Gasteiger partial charge in [0.2, 0.25) is 5.91 Å². The van der Waals surface area contributed by atoms with E-state index in [0.29, 0.717) is 42.3 Å². The average molecular weight is 577 g/mol. The summed E-state index contributed by atoms with van der Waals surface area (Å²) in [5.74, 6) is -2.04. The Kier molecular flexibility index (Phi) is 8.75. The summed E-state index contributed by atoms with van der Waals surface area (Å²) in [6.45, 7) is 11.7. The third-order valence-corrected chi connectivity index (χ3v) is 8.68. The van der Waals surface area contributed by atoms with Crippen molar-refractivity contribution in [3.8, 4) is 0 Å². The molecule has 4 rings (SSSR count). The summed E-state index contributed by atoms with van der Waals surface area (Å²) >= 11 is 0. The molecule has 10 nitrogen and oxygen atoms in total. The van der Waals surface area contributed by atoms with Crippen LogP contribution in [0, 0.1) is 19.3 Å². The van der Waals surface area contributed by atoms with Gasteiger partial charge < -0.3 is 25.5 Å². The molecule has 2 aliphatic rings. The van der Waals surface area contributed by atoms with E-state index in [2.05, 4.69) is 34.1 Å². The van der Waals surface area contributed by atoms with Crippen LogP contribution in [0.3, 0.4) is 0 Å². The monoisotopic (exact) mass is 576 g/mol. The number of aliphatic imine (C=N–C) groups is 1. The van der Waals surface area contributed by atoms with Crippen molar-refractivity contribution in [3.05, 3.63) is 55.5 Å². The van der Waals surface area contributed by atoms with Crippen LogP contribution >= 0.6 is 0 Å². The van der Waals surface area contributed by atoms with Gasteiger partial charge in [-0.2, -0.15) is 0 Å². The number of amides is 2. The molecule has 0 aromatic carbocycles. The minimum absolute atomic E-state index is 0.0191. The molecular weight excluding hydrogens is 536 g/mol. The Hall–Kier alpha value is -4.21. The Bertz CT molecular complexity index is 1650. The van der Waals surface area contributed by atoms with Gasteiger partial charge in [0.15, 0.2) is 0 Å². The number of aromatic amines is 2. The topological polar surface area (TPSA) is 165 Å². The first-order valence-corrected chi connectivity index (χ1v) is 14.4. The van der Waals surface area contributed by atoms with Crippen LogP contribution < -0.4 is 16.0 Å². The molecule has 1 atom stereocenters. The van der Waals surface area contributed by atoms with Crippen molar-refractivity contribution in [1.82, 2.24) is 15.3 Å². The number of H-pyrrole nitrogens is 2. The van der Waals surface area contributed by atoms with E-state index in [1.165, 1.54) is 0 Å². The molecule has 1 fully saturated rings. The highest BCUT2D eigenvalue weighted by molar-refractivity contribution is 6.30. The lowest BCUT2D eigenvalue weighted by Gasteiger charge is -2.25. The molecule has 1 unspecified atom stereocenters. The largest absolute Gasteiger partial charge is 0.481 e. The fraction of sp³-hybridized carbons (Fsp3) is 0.469. The number of aliphatic carboxylic acids is 2. The smallest absolute Gasteiger partial charge is 0.303 e. The van der Waals surface area contributed by atoms with Gasteiger partial charge in [0.25, 0.3) is 5.91 Å². The van der Waals surface area contributed by atoms with Gasteiger partial charge >= 0.3 is 11.9 Å². The first-order chi connectivity index (χ1) is 19.7. The Balaban J connectivity index is 1.86. The summed E-state index contributed by atoms with van der Waals surface area (Å²) in [7, 11) is 0. The molecule has 0 spiro atoms. The summed E-state index contributed by atoms with van der Waals surface area (Å²) in [6.07, 6.45) is 5.94. The van der Waals surface area contributed by atoms with E-state index in [1.54, 1.807) is 6.92 Å². The predicted octanol–water partition coefficient (Wildman–Crippen LogP) is 2.77. The molecule has 2 amide bonds. The number of nitrogens with one attached hydrogen (secondary N) is 3. The molecule has 0 saturated carbocycles. The third-order valence-electron chi connectivity index (χ3n) is 8.68. The average Bonchev–Trinajstić information content (AvgIpc) is 3.53. The molecular formula is C32H40N4O6. The molecule has 42 heavy (non-hydrogen) atoms. The zero-order valence-electron chi connectivity index (χ0n) is 25.2. The molecule has 0 aliphatic carbocycles. The van der Waals surface area contributed by atoms with E-state index >= 15 is 0 Å². The van der Waals surface area contributed by atoms with Gasteiger partial charge in [-0.3, -0.25) is 19.2 Å². The van der Waals surface area contributed by atoms with E-state index in [-0.39, 0.29) is 42.5 Å². The van der Waals surface area contributed by atoms with Gasteiger partial charge in [-0.15, -0.1) is 0 Å². The number of aromatic nitrogens is 2. The van der Waals surface area contributed by atoms with Crippen LogP contribution in [0.15, 0.2) is 16.1 Å². The molecule has 2 aromatic heterocycles. The number of carbonyl (C=O) groups is 4. The van der Waals surface area contributed by atoms with Crippen LogP contribution in [0.25, 0.3) is 12.2 Å². The molecule has 2 aliphatic heterocycles. The van der Waals surface area contributed by atoms with Crippen molar-refractivity contribution >= 4 is 41.6 Å². The van der Waals surface area contributed by atoms with Crippen LogP contribution in [0.2, 0.25) is 0 Å². The van der Waals surface area contributed by atoms with E-state index < -0.39 is 11.9 Å². The fourth-order valence-electron chi connectivity index (χ4n) is 6.04. The highest BCUT2D eigenvalue weighted by Gasteiger charge is 2.39. The lowest BCUT2D eigenvalue weighted by molar-refractivity contribution is -0.138. The van der Waals surface area contributed by atoms with E-state index in [9.17, 15) is 29.4 Å². The zero-order chi connectivity index (χ0) is 30.9. The summed E-state index contributed by atoms with van der Waals surface area (Å²) in [4.78, 5) is 58.6. The van der Waals surface area contributed by atoms with Gasteiger partial charge in [0.1, 0.15) is 0 Å². The fourth-order valence-corrected chi connectivity index (χ4v) is 6.04. The second-order valence-corrected chi connectivity index (χ2v) is 12.0. The van der Waals surface area contributed by atoms with E-state index in [4.69, 9.17) is 0 Å². The van der Waals surface area contributed by atoms with Crippen molar-refractivity contribution in [2.75, 3.05) is 0 Å². The number of hydrogen-bond donors (Lipinski definition) is 5. The lowest BCUT2D eigenvalue weighted by Crippen LogP contribution is -2.35. The van der Waals surface area contributed by atoms with Gasteiger partial charge in [-0.05, 0) is 85.4 Å². The summed E-state index contributed by atoms with van der Waals surface area (Å²) in [5, 5.41) is 23.4. The Labute approximate surface area is 244 Å². The minimum atomic E-state index is -0.911. The van der Waals surface area contributed by atoms with E-state index in [0.717, 1.165) is 44.6 Å². The van der Waals surface area contributed by atoms with Crippen LogP contribution in [0.1, 0.15) is 87.0 Å². The van der Waals surface area contributed by atoms with Crippen LogP contribution in [-0.4, -0.2) is 55.7 Å². The molecule has 1 saturated heterocycles. The highest BCUT2D eigenvalue weighted by atomic mass is 16.4. The number of carbonyl (C=O) groups excluding carboxylic acids is 2. The SMILES string of the molecule is CCC1=C(C)C(=O)N=C1/C=c1\[nH]/c(=C\c2[nH]c(CC3NC(=O)CC3(C)C)c(C)c2CCC(=O)O)c(CCC(=O)O)c1C. The first-order valence-electron chi connectivity index (χ1n) is 14.4. The number of nitrogens with zero attached hydrogens (tertiary/aromatic N) is 1. The second kappa shape index (κ2) is 12.0. The molecule has 0 radical (unpaired) electrons. The Morgan fingerprint density at radius 1 is 0.952 bits per heavy atom. The van der Waals surface area contributed by atoms with E-state index in [1.807, 2.05) is 32.9 Å². The number of carboxylic acid groups (broad SMARTS) is 2. The highest BCUT2D eigenvalue weighted by Crippen LogP contribution is 2.34. The molecule has 0 bridgehead atoms. The molecule has 10 heteroatoms. The van der Waals surface area contributed by atoms with Gasteiger partial charge in [0.05, 0.1) is 5.71 Å². The maximum absolute atomic E-state index is 12.3. The molecule has 5 N–H and O–H groups in total. The van der Waals surface area contributed by atoms with Crippen molar-refractivity contribution < 1.29 is 29.4 Å². The van der Waals surface area contributed by atoms with Crippen LogP contribution in [-0.2, 0) is 38.4 Å². The number of carboxylic acids is 2. The Morgan fingerprint density at radius 2 is 1.60 bits per heavy atom. The van der Waals surface area contributed by atoms with Gasteiger partial charge in [-0.25, -0.2) is 4.99 Å². The lowest BCUT2D eigenvalue weighted by atomic mass is 9.82. The molecule has 224 valence electrons. The predicted molar refractivity (Wildman–Crippen MR) is 160 cm³/mol. The number of rotatable bonds is 11. The summed E-state index contributed by atoms with van der Waals surface area (Å²) in [6, 6.07) is -0.0678. The van der Waals surface area contributed by atoms with Gasteiger partial charge in [0, 0.05) is 59.4 Å². The maximum Gasteiger partial charge on any atom is 0.303 e. The van der Waals surface area contributed by atoms with Crippen molar-refractivity contribution in [3.63, 3.8) is 0 Å².